The molecular weight excluding hydrogens is 326 g/mol. The first-order chi connectivity index (χ1) is 12.3. The fourth-order valence-electron chi connectivity index (χ4n) is 2.33. The summed E-state index contributed by atoms with van der Waals surface area (Å²) < 4.78 is 0. The third kappa shape index (κ3) is 5.55. The maximum absolute atomic E-state index is 5.37. The lowest BCUT2D eigenvalue weighted by Crippen LogP contribution is -2.27. The van der Waals surface area contributed by atoms with Crippen molar-refractivity contribution in [2.24, 2.45) is 0 Å². The van der Waals surface area contributed by atoms with Crippen LogP contribution in [0.1, 0.15) is 16.8 Å². The number of anilines is 1. The van der Waals surface area contributed by atoms with E-state index in [9.17, 15) is 0 Å². The topological polar surface area (TPSA) is 37.0 Å². The number of pyridine rings is 1. The first-order valence-corrected chi connectivity index (χ1v) is 8.48. The van der Waals surface area contributed by atoms with Crippen molar-refractivity contribution in [3.8, 4) is 0 Å². The van der Waals surface area contributed by atoms with E-state index >= 15 is 0 Å². The van der Waals surface area contributed by atoms with Gasteiger partial charge in [-0.3, -0.25) is 4.98 Å². The fraction of sp³-hybridized carbons (Fsp3) is 0.0476. The predicted molar refractivity (Wildman–Crippen MR) is 109 cm³/mol. The van der Waals surface area contributed by atoms with Crippen molar-refractivity contribution in [3.63, 3.8) is 0 Å². The highest BCUT2D eigenvalue weighted by Gasteiger charge is 1.99. The maximum Gasteiger partial charge on any atom is 0.171 e. The van der Waals surface area contributed by atoms with Gasteiger partial charge in [-0.1, -0.05) is 54.6 Å². The Kier molecular flexibility index (Phi) is 5.91. The largest absolute Gasteiger partial charge is 0.358 e. The van der Waals surface area contributed by atoms with Gasteiger partial charge in [0.1, 0.15) is 0 Å². The molecule has 0 bridgehead atoms. The van der Waals surface area contributed by atoms with Gasteiger partial charge in [0.2, 0.25) is 0 Å². The Morgan fingerprint density at radius 3 is 2.56 bits per heavy atom. The molecule has 0 unspecified atom stereocenters. The zero-order valence-electron chi connectivity index (χ0n) is 13.7. The van der Waals surface area contributed by atoms with Crippen LogP contribution < -0.4 is 10.6 Å². The van der Waals surface area contributed by atoms with Crippen molar-refractivity contribution in [1.82, 2.24) is 10.3 Å². The SMILES string of the molecule is S=C(NCc1ccccc1)Nc1cccc(/C=C/c2ccccn2)c1. The van der Waals surface area contributed by atoms with Crippen LogP contribution in [-0.4, -0.2) is 10.1 Å². The summed E-state index contributed by atoms with van der Waals surface area (Å²) >= 11 is 5.37. The molecule has 2 N–H and O–H groups in total. The minimum absolute atomic E-state index is 0.606. The average Bonchev–Trinajstić information content (AvgIpc) is 2.67. The molecule has 0 radical (unpaired) electrons. The molecule has 0 aliphatic rings. The van der Waals surface area contributed by atoms with Gasteiger partial charge in [-0.05, 0) is 53.7 Å². The van der Waals surface area contributed by atoms with E-state index in [1.807, 2.05) is 66.7 Å². The molecule has 3 rings (SSSR count). The van der Waals surface area contributed by atoms with Gasteiger partial charge in [0, 0.05) is 18.4 Å². The van der Waals surface area contributed by atoms with E-state index in [0.717, 1.165) is 16.9 Å². The zero-order valence-corrected chi connectivity index (χ0v) is 14.5. The first kappa shape index (κ1) is 16.9. The molecule has 124 valence electrons. The van der Waals surface area contributed by atoms with Crippen molar-refractivity contribution < 1.29 is 0 Å². The van der Waals surface area contributed by atoms with Crippen molar-refractivity contribution in [2.45, 2.75) is 6.54 Å². The Morgan fingerprint density at radius 1 is 0.920 bits per heavy atom. The quantitative estimate of drug-likeness (QED) is 0.655. The molecule has 25 heavy (non-hydrogen) atoms. The second kappa shape index (κ2) is 8.76. The Morgan fingerprint density at radius 2 is 1.76 bits per heavy atom. The van der Waals surface area contributed by atoms with Crippen LogP contribution in [0.2, 0.25) is 0 Å². The van der Waals surface area contributed by atoms with Gasteiger partial charge >= 0.3 is 0 Å². The molecule has 1 heterocycles. The monoisotopic (exact) mass is 345 g/mol. The van der Waals surface area contributed by atoms with Gasteiger partial charge in [-0.2, -0.15) is 0 Å². The number of aromatic nitrogens is 1. The van der Waals surface area contributed by atoms with Gasteiger partial charge in [-0.25, -0.2) is 0 Å². The molecule has 0 spiro atoms. The van der Waals surface area contributed by atoms with Gasteiger partial charge in [0.15, 0.2) is 5.11 Å². The number of rotatable bonds is 5. The standard InChI is InChI=1S/C21H19N3S/c25-21(23-16-18-7-2-1-3-8-18)24-20-11-6-9-17(15-20)12-13-19-10-4-5-14-22-19/h1-15H,16H2,(H2,23,24,25)/b13-12+. The predicted octanol–water partition coefficient (Wildman–Crippen LogP) is 4.74. The van der Waals surface area contributed by atoms with Crippen LogP contribution in [0.15, 0.2) is 79.0 Å². The molecule has 0 aliphatic heterocycles. The minimum atomic E-state index is 0.606. The average molecular weight is 345 g/mol. The van der Waals surface area contributed by atoms with Crippen molar-refractivity contribution >= 4 is 35.2 Å². The molecule has 0 fully saturated rings. The smallest absolute Gasteiger partial charge is 0.171 e. The molecule has 0 saturated carbocycles. The number of nitrogens with zero attached hydrogens (tertiary/aromatic N) is 1. The third-order valence-corrected chi connectivity index (χ3v) is 3.82. The van der Waals surface area contributed by atoms with Crippen molar-refractivity contribution in [2.75, 3.05) is 5.32 Å². The highest BCUT2D eigenvalue weighted by molar-refractivity contribution is 7.80. The summed E-state index contributed by atoms with van der Waals surface area (Å²) in [7, 11) is 0. The van der Waals surface area contributed by atoms with E-state index in [0.29, 0.717) is 11.7 Å². The second-order valence-electron chi connectivity index (χ2n) is 5.51. The van der Waals surface area contributed by atoms with Crippen LogP contribution in [0.5, 0.6) is 0 Å². The fourth-order valence-corrected chi connectivity index (χ4v) is 2.52. The Labute approximate surface area is 153 Å². The molecule has 0 aliphatic carbocycles. The summed E-state index contributed by atoms with van der Waals surface area (Å²) in [4.78, 5) is 4.28. The zero-order chi connectivity index (χ0) is 17.3. The molecule has 3 aromatic rings. The number of nitrogens with one attached hydrogen (secondary N) is 2. The van der Waals surface area contributed by atoms with E-state index in [4.69, 9.17) is 12.2 Å². The maximum atomic E-state index is 5.37. The van der Waals surface area contributed by atoms with Crippen LogP contribution in [-0.2, 0) is 6.54 Å². The van der Waals surface area contributed by atoms with Crippen LogP contribution >= 0.6 is 12.2 Å². The molecular formula is C21H19N3S. The summed E-state index contributed by atoms with van der Waals surface area (Å²) in [6.07, 6.45) is 5.81. The molecule has 1 aromatic heterocycles. The van der Waals surface area contributed by atoms with Crippen molar-refractivity contribution in [1.29, 1.82) is 0 Å². The normalized spacial score (nSPS) is 10.6. The van der Waals surface area contributed by atoms with Crippen LogP contribution in [0.4, 0.5) is 5.69 Å². The summed E-state index contributed by atoms with van der Waals surface area (Å²) in [5.74, 6) is 0. The summed E-state index contributed by atoms with van der Waals surface area (Å²) in [6, 6.07) is 24.1. The number of benzene rings is 2. The van der Waals surface area contributed by atoms with Crippen LogP contribution in [0, 0.1) is 0 Å². The molecule has 0 amide bonds. The van der Waals surface area contributed by atoms with E-state index in [-0.39, 0.29) is 0 Å². The Hall–Kier alpha value is -2.98. The summed E-state index contributed by atoms with van der Waals surface area (Å²) in [6.45, 7) is 0.700. The Balaban J connectivity index is 1.57. The van der Waals surface area contributed by atoms with E-state index in [1.165, 1.54) is 5.56 Å². The molecule has 2 aromatic carbocycles. The lowest BCUT2D eigenvalue weighted by molar-refractivity contribution is 0.926. The van der Waals surface area contributed by atoms with Gasteiger partial charge in [-0.15, -0.1) is 0 Å². The highest BCUT2D eigenvalue weighted by Crippen LogP contribution is 2.13. The van der Waals surface area contributed by atoms with E-state index in [1.54, 1.807) is 6.20 Å². The van der Waals surface area contributed by atoms with E-state index < -0.39 is 0 Å². The molecule has 3 nitrogen and oxygen atoms in total. The molecule has 0 saturated heterocycles. The van der Waals surface area contributed by atoms with E-state index in [2.05, 4.69) is 33.8 Å². The molecule has 0 atom stereocenters. The van der Waals surface area contributed by atoms with Crippen LogP contribution in [0.25, 0.3) is 12.2 Å². The van der Waals surface area contributed by atoms with Gasteiger partial charge in [0.25, 0.3) is 0 Å². The number of hydrogen-bond donors (Lipinski definition) is 2. The third-order valence-electron chi connectivity index (χ3n) is 3.57. The number of thiocarbonyl (C=S) groups is 1. The first-order valence-electron chi connectivity index (χ1n) is 8.07. The van der Waals surface area contributed by atoms with Gasteiger partial charge in [0.05, 0.1) is 5.69 Å². The Bertz CT molecular complexity index is 845. The van der Waals surface area contributed by atoms with Crippen LogP contribution in [0.3, 0.4) is 0 Å². The lowest BCUT2D eigenvalue weighted by Gasteiger charge is -2.11. The minimum Gasteiger partial charge on any atom is -0.358 e. The van der Waals surface area contributed by atoms with Gasteiger partial charge < -0.3 is 10.6 Å². The highest BCUT2D eigenvalue weighted by atomic mass is 32.1. The van der Waals surface area contributed by atoms with Crippen molar-refractivity contribution in [3.05, 3.63) is 95.8 Å². The lowest BCUT2D eigenvalue weighted by atomic mass is 10.1. The summed E-state index contributed by atoms with van der Waals surface area (Å²) in [5.41, 5.74) is 4.16. The summed E-state index contributed by atoms with van der Waals surface area (Å²) in [5, 5.41) is 7.04. The second-order valence-corrected chi connectivity index (χ2v) is 5.91. The molecule has 4 heteroatoms. The number of hydrogen-bond acceptors (Lipinski definition) is 2.